The largest absolute Gasteiger partial charge is 0.494 e. The molecule has 0 bridgehead atoms. The van der Waals surface area contributed by atoms with Crippen LogP contribution in [0, 0.1) is 6.57 Å². The first-order valence-electron chi connectivity index (χ1n) is 6.54. The van der Waals surface area contributed by atoms with Gasteiger partial charge in [0.05, 0.1) is 13.2 Å². The summed E-state index contributed by atoms with van der Waals surface area (Å²) in [6.07, 6.45) is 2.23. The Morgan fingerprint density at radius 3 is 2.05 bits per heavy atom. The van der Waals surface area contributed by atoms with Crippen molar-refractivity contribution < 1.29 is 4.74 Å². The molecule has 0 saturated carbocycles. The topological polar surface area (TPSA) is 13.6 Å². The molecule has 0 unspecified atom stereocenters. The first-order valence-corrected chi connectivity index (χ1v) is 6.54. The van der Waals surface area contributed by atoms with Gasteiger partial charge >= 0.3 is 0 Å². The lowest BCUT2D eigenvalue weighted by Gasteiger charge is -2.07. The lowest BCUT2D eigenvalue weighted by molar-refractivity contribution is 0.309. The standard InChI is InChI=1S/C17H17NO/c1-3-4-13-19-17-11-7-15(8-12-17)14-5-9-16(18-2)10-6-14/h5-12H,3-4,13H2,1H3. The summed E-state index contributed by atoms with van der Waals surface area (Å²) in [6, 6.07) is 15.7. The van der Waals surface area contributed by atoms with Crippen LogP contribution in [0.25, 0.3) is 16.0 Å². The maximum Gasteiger partial charge on any atom is 0.187 e. The van der Waals surface area contributed by atoms with Crippen LogP contribution >= 0.6 is 0 Å². The first kappa shape index (κ1) is 13.2. The Morgan fingerprint density at radius 1 is 0.947 bits per heavy atom. The second-order valence-corrected chi connectivity index (χ2v) is 4.39. The molecule has 0 radical (unpaired) electrons. The lowest BCUT2D eigenvalue weighted by atomic mass is 10.1. The molecule has 0 heterocycles. The minimum Gasteiger partial charge on any atom is -0.494 e. The molecule has 0 N–H and O–H groups in total. The van der Waals surface area contributed by atoms with Crippen LogP contribution in [0.15, 0.2) is 48.5 Å². The van der Waals surface area contributed by atoms with E-state index >= 15 is 0 Å². The van der Waals surface area contributed by atoms with Gasteiger partial charge in [0, 0.05) is 0 Å². The minimum absolute atomic E-state index is 0.670. The Kier molecular flexibility index (Phi) is 4.58. The summed E-state index contributed by atoms with van der Waals surface area (Å²) in [5.41, 5.74) is 2.93. The normalized spacial score (nSPS) is 9.89. The van der Waals surface area contributed by atoms with Crippen LogP contribution in [-0.2, 0) is 0 Å². The third kappa shape index (κ3) is 3.59. The van der Waals surface area contributed by atoms with Crippen molar-refractivity contribution in [1.29, 1.82) is 0 Å². The van der Waals surface area contributed by atoms with Crippen LogP contribution in [0.2, 0.25) is 0 Å². The van der Waals surface area contributed by atoms with E-state index in [1.807, 2.05) is 48.5 Å². The van der Waals surface area contributed by atoms with Crippen LogP contribution in [0.4, 0.5) is 5.69 Å². The predicted octanol–water partition coefficient (Wildman–Crippen LogP) is 5.08. The highest BCUT2D eigenvalue weighted by Crippen LogP contribution is 2.24. The van der Waals surface area contributed by atoms with Gasteiger partial charge in [-0.3, -0.25) is 0 Å². The minimum atomic E-state index is 0.670. The number of hydrogen-bond acceptors (Lipinski definition) is 1. The summed E-state index contributed by atoms with van der Waals surface area (Å²) in [5.74, 6) is 0.912. The van der Waals surface area contributed by atoms with E-state index in [4.69, 9.17) is 11.3 Å². The van der Waals surface area contributed by atoms with Gasteiger partial charge in [0.1, 0.15) is 5.75 Å². The van der Waals surface area contributed by atoms with E-state index in [0.29, 0.717) is 5.69 Å². The highest BCUT2D eigenvalue weighted by molar-refractivity contribution is 5.66. The number of hydrogen-bond donors (Lipinski definition) is 0. The molecule has 0 aromatic heterocycles. The second kappa shape index (κ2) is 6.61. The SMILES string of the molecule is [C-]#[N+]c1ccc(-c2ccc(OCCCC)cc2)cc1. The van der Waals surface area contributed by atoms with Gasteiger partial charge in [-0.15, -0.1) is 0 Å². The number of ether oxygens (including phenoxy) is 1. The molecule has 0 spiro atoms. The van der Waals surface area contributed by atoms with Gasteiger partial charge in [0.15, 0.2) is 5.69 Å². The number of nitrogens with zero attached hydrogens (tertiary/aromatic N) is 1. The third-order valence-corrected chi connectivity index (χ3v) is 2.95. The molecule has 0 aliphatic heterocycles. The van der Waals surface area contributed by atoms with E-state index in [0.717, 1.165) is 36.3 Å². The van der Waals surface area contributed by atoms with E-state index in [1.54, 1.807) is 0 Å². The molecule has 2 rings (SSSR count). The van der Waals surface area contributed by atoms with E-state index in [1.165, 1.54) is 0 Å². The summed E-state index contributed by atoms with van der Waals surface area (Å²) in [7, 11) is 0. The van der Waals surface area contributed by atoms with Crippen LogP contribution in [0.1, 0.15) is 19.8 Å². The average Bonchev–Trinajstić information content (AvgIpc) is 2.48. The van der Waals surface area contributed by atoms with Crippen LogP contribution in [-0.4, -0.2) is 6.61 Å². The van der Waals surface area contributed by atoms with Crippen LogP contribution in [0.5, 0.6) is 5.75 Å². The van der Waals surface area contributed by atoms with Crippen molar-refractivity contribution >= 4 is 5.69 Å². The molecule has 2 aromatic carbocycles. The summed E-state index contributed by atoms with van der Waals surface area (Å²) < 4.78 is 5.63. The lowest BCUT2D eigenvalue weighted by Crippen LogP contribution is -1.95. The molecule has 96 valence electrons. The number of unbranched alkanes of at least 4 members (excludes halogenated alkanes) is 1. The van der Waals surface area contributed by atoms with Crippen molar-refractivity contribution in [2.75, 3.05) is 6.61 Å². The van der Waals surface area contributed by atoms with Crippen molar-refractivity contribution in [3.8, 4) is 16.9 Å². The van der Waals surface area contributed by atoms with Gasteiger partial charge in [-0.2, -0.15) is 0 Å². The Morgan fingerprint density at radius 2 is 1.53 bits per heavy atom. The Bertz CT molecular complexity index is 549. The highest BCUT2D eigenvalue weighted by Gasteiger charge is 1.99. The molecule has 2 nitrogen and oxygen atoms in total. The summed E-state index contributed by atoms with van der Waals surface area (Å²) in [5, 5.41) is 0. The quantitative estimate of drug-likeness (QED) is 0.533. The van der Waals surface area contributed by atoms with E-state index in [-0.39, 0.29) is 0 Å². The fourth-order valence-electron chi connectivity index (χ4n) is 1.81. The number of benzene rings is 2. The summed E-state index contributed by atoms with van der Waals surface area (Å²) >= 11 is 0. The van der Waals surface area contributed by atoms with Crippen molar-refractivity contribution in [2.24, 2.45) is 0 Å². The van der Waals surface area contributed by atoms with Crippen molar-refractivity contribution in [1.82, 2.24) is 0 Å². The van der Waals surface area contributed by atoms with Crippen molar-refractivity contribution in [2.45, 2.75) is 19.8 Å². The fourth-order valence-corrected chi connectivity index (χ4v) is 1.81. The molecule has 0 aliphatic rings. The van der Waals surface area contributed by atoms with Gasteiger partial charge in [0.2, 0.25) is 0 Å². The van der Waals surface area contributed by atoms with Gasteiger partial charge in [-0.1, -0.05) is 49.7 Å². The Balaban J connectivity index is 2.07. The van der Waals surface area contributed by atoms with Gasteiger partial charge in [0.25, 0.3) is 0 Å². The molecule has 0 atom stereocenters. The predicted molar refractivity (Wildman–Crippen MR) is 78.5 cm³/mol. The molecular weight excluding hydrogens is 234 g/mol. The molecule has 0 aliphatic carbocycles. The highest BCUT2D eigenvalue weighted by atomic mass is 16.5. The van der Waals surface area contributed by atoms with Crippen LogP contribution < -0.4 is 4.74 Å². The Hall–Kier alpha value is -2.27. The fraction of sp³-hybridized carbons (Fsp3) is 0.235. The van der Waals surface area contributed by atoms with Gasteiger partial charge < -0.3 is 4.74 Å². The van der Waals surface area contributed by atoms with Crippen LogP contribution in [0.3, 0.4) is 0 Å². The average molecular weight is 251 g/mol. The maximum atomic E-state index is 6.94. The summed E-state index contributed by atoms with van der Waals surface area (Å²) in [4.78, 5) is 3.39. The second-order valence-electron chi connectivity index (χ2n) is 4.39. The van der Waals surface area contributed by atoms with E-state index < -0.39 is 0 Å². The summed E-state index contributed by atoms with van der Waals surface area (Å²) in [6.45, 7) is 9.86. The molecule has 2 aromatic rings. The van der Waals surface area contributed by atoms with Crippen molar-refractivity contribution in [3.05, 3.63) is 59.9 Å². The molecule has 0 amide bonds. The zero-order chi connectivity index (χ0) is 13.5. The first-order chi connectivity index (χ1) is 9.33. The molecular formula is C17H17NO. The maximum absolute atomic E-state index is 6.94. The van der Waals surface area contributed by atoms with E-state index in [9.17, 15) is 0 Å². The number of rotatable bonds is 5. The molecule has 0 saturated heterocycles. The zero-order valence-corrected chi connectivity index (χ0v) is 11.1. The molecule has 19 heavy (non-hydrogen) atoms. The smallest absolute Gasteiger partial charge is 0.187 e. The van der Waals surface area contributed by atoms with E-state index in [2.05, 4.69) is 11.8 Å². The van der Waals surface area contributed by atoms with Gasteiger partial charge in [-0.05, 0) is 29.7 Å². The monoisotopic (exact) mass is 251 g/mol. The van der Waals surface area contributed by atoms with Crippen molar-refractivity contribution in [3.63, 3.8) is 0 Å². The van der Waals surface area contributed by atoms with Gasteiger partial charge in [-0.25, -0.2) is 4.85 Å². The molecule has 2 heteroatoms. The molecule has 0 fully saturated rings. The Labute approximate surface area is 114 Å². The third-order valence-electron chi connectivity index (χ3n) is 2.95. The zero-order valence-electron chi connectivity index (χ0n) is 11.1.